The first-order valence-electron chi connectivity index (χ1n) is 5.38. The lowest BCUT2D eigenvalue weighted by Crippen LogP contribution is -2.09. The highest BCUT2D eigenvalue weighted by Crippen LogP contribution is 2.18. The third kappa shape index (κ3) is 1.63. The molecule has 0 atom stereocenters. The van der Waals surface area contributed by atoms with E-state index in [9.17, 15) is 4.79 Å². The molecular formula is C13H11N3O. The third-order valence-electron chi connectivity index (χ3n) is 2.74. The highest BCUT2D eigenvalue weighted by atomic mass is 16.1. The minimum Gasteiger partial charge on any atom is -0.307 e. The quantitative estimate of drug-likeness (QED) is 0.688. The Labute approximate surface area is 97.5 Å². The molecule has 0 aliphatic rings. The summed E-state index contributed by atoms with van der Waals surface area (Å²) in [4.78, 5) is 14.3. The lowest BCUT2D eigenvalue weighted by molar-refractivity contribution is 0.939. The molecule has 0 saturated carbocycles. The Balaban J connectivity index is 2.32. The first-order chi connectivity index (χ1) is 8.24. The summed E-state index contributed by atoms with van der Waals surface area (Å²) >= 11 is 0. The van der Waals surface area contributed by atoms with Crippen LogP contribution in [-0.2, 0) is 0 Å². The number of hydrogen-bond acceptors (Lipinski definition) is 2. The summed E-state index contributed by atoms with van der Waals surface area (Å²) < 4.78 is 1.73. The summed E-state index contributed by atoms with van der Waals surface area (Å²) in [6.07, 6.45) is 1.67. The first-order valence-corrected chi connectivity index (χ1v) is 5.38. The fraction of sp³-hybridized carbons (Fsp3) is 0.0769. The fourth-order valence-electron chi connectivity index (χ4n) is 1.87. The Morgan fingerprint density at radius 2 is 1.94 bits per heavy atom. The van der Waals surface area contributed by atoms with E-state index in [1.807, 2.05) is 31.2 Å². The van der Waals surface area contributed by atoms with Gasteiger partial charge in [-0.1, -0.05) is 29.8 Å². The molecule has 0 bridgehead atoms. The number of benzene rings is 1. The molecule has 2 aromatic heterocycles. The molecule has 0 amide bonds. The molecule has 0 unspecified atom stereocenters. The molecule has 0 fully saturated rings. The van der Waals surface area contributed by atoms with Gasteiger partial charge in [0.25, 0.3) is 5.56 Å². The highest BCUT2D eigenvalue weighted by molar-refractivity contribution is 5.62. The van der Waals surface area contributed by atoms with Crippen LogP contribution in [0.15, 0.2) is 47.4 Å². The van der Waals surface area contributed by atoms with E-state index in [1.165, 1.54) is 5.56 Å². The van der Waals surface area contributed by atoms with Crippen molar-refractivity contribution >= 4 is 5.65 Å². The van der Waals surface area contributed by atoms with Crippen LogP contribution in [0.5, 0.6) is 0 Å². The summed E-state index contributed by atoms with van der Waals surface area (Å²) in [5, 5.41) is 4.21. The van der Waals surface area contributed by atoms with Crippen LogP contribution >= 0.6 is 0 Å². The number of hydrogen-bond donors (Lipinski definition) is 1. The van der Waals surface area contributed by atoms with Crippen molar-refractivity contribution in [2.24, 2.45) is 0 Å². The van der Waals surface area contributed by atoms with Gasteiger partial charge in [-0.2, -0.15) is 5.10 Å². The van der Waals surface area contributed by atoms with Crippen LogP contribution in [0.2, 0.25) is 0 Å². The molecule has 17 heavy (non-hydrogen) atoms. The number of rotatable bonds is 1. The molecule has 0 radical (unpaired) electrons. The van der Waals surface area contributed by atoms with E-state index in [4.69, 9.17) is 0 Å². The zero-order chi connectivity index (χ0) is 11.8. The molecule has 3 rings (SSSR count). The second-order valence-corrected chi connectivity index (χ2v) is 4.01. The van der Waals surface area contributed by atoms with E-state index in [-0.39, 0.29) is 5.56 Å². The van der Waals surface area contributed by atoms with Crippen molar-refractivity contribution in [3.63, 3.8) is 0 Å². The van der Waals surface area contributed by atoms with Crippen LogP contribution in [0.3, 0.4) is 0 Å². The molecule has 1 aromatic carbocycles. The Bertz CT molecular complexity index is 722. The van der Waals surface area contributed by atoms with Crippen LogP contribution in [-0.4, -0.2) is 14.6 Å². The summed E-state index contributed by atoms with van der Waals surface area (Å²) in [5.74, 6) is 0. The Morgan fingerprint density at radius 1 is 1.18 bits per heavy atom. The van der Waals surface area contributed by atoms with Gasteiger partial charge in [0.15, 0.2) is 0 Å². The molecule has 4 heteroatoms. The van der Waals surface area contributed by atoms with Gasteiger partial charge in [0.05, 0.1) is 11.9 Å². The van der Waals surface area contributed by atoms with Gasteiger partial charge in [-0.3, -0.25) is 4.79 Å². The topological polar surface area (TPSA) is 50.2 Å². The monoisotopic (exact) mass is 225 g/mol. The molecule has 84 valence electrons. The van der Waals surface area contributed by atoms with Gasteiger partial charge in [0.1, 0.15) is 5.65 Å². The van der Waals surface area contributed by atoms with Crippen LogP contribution in [0, 0.1) is 6.92 Å². The minimum atomic E-state index is -0.117. The molecule has 2 heterocycles. The lowest BCUT2D eigenvalue weighted by atomic mass is 10.1. The lowest BCUT2D eigenvalue weighted by Gasteiger charge is -2.04. The molecule has 0 aliphatic carbocycles. The van der Waals surface area contributed by atoms with Crippen molar-refractivity contribution in [1.82, 2.24) is 14.6 Å². The number of fused-ring (bicyclic) bond motifs is 1. The largest absolute Gasteiger partial charge is 0.307 e. The van der Waals surface area contributed by atoms with Crippen LogP contribution < -0.4 is 5.56 Å². The van der Waals surface area contributed by atoms with Crippen molar-refractivity contribution in [3.8, 4) is 11.3 Å². The average molecular weight is 225 g/mol. The van der Waals surface area contributed by atoms with E-state index >= 15 is 0 Å². The molecule has 1 N–H and O–H groups in total. The molecule has 3 aromatic rings. The van der Waals surface area contributed by atoms with Crippen molar-refractivity contribution in [2.45, 2.75) is 6.92 Å². The van der Waals surface area contributed by atoms with Crippen molar-refractivity contribution in [2.75, 3.05) is 0 Å². The van der Waals surface area contributed by atoms with Crippen molar-refractivity contribution in [3.05, 3.63) is 58.5 Å². The average Bonchev–Trinajstić information content (AvgIpc) is 2.77. The van der Waals surface area contributed by atoms with E-state index in [0.717, 1.165) is 11.3 Å². The second-order valence-electron chi connectivity index (χ2n) is 4.01. The standard InChI is InChI=1S/C13H11N3O/c1-9-2-4-10(5-3-9)11-8-13(17)15-12-6-7-14-16(11)12/h2-8H,1H3,(H,15,17). The smallest absolute Gasteiger partial charge is 0.251 e. The second kappa shape index (κ2) is 3.59. The molecule has 0 spiro atoms. The summed E-state index contributed by atoms with van der Waals surface area (Å²) in [5.41, 5.74) is 3.56. The Kier molecular flexibility index (Phi) is 2.08. The van der Waals surface area contributed by atoms with Crippen LogP contribution in [0.4, 0.5) is 0 Å². The molecule has 0 aliphatic heterocycles. The van der Waals surface area contributed by atoms with Gasteiger partial charge < -0.3 is 4.98 Å². The van der Waals surface area contributed by atoms with Gasteiger partial charge in [0, 0.05) is 17.7 Å². The Hall–Kier alpha value is -2.36. The maximum Gasteiger partial charge on any atom is 0.251 e. The predicted octanol–water partition coefficient (Wildman–Crippen LogP) is 2.00. The van der Waals surface area contributed by atoms with E-state index in [1.54, 1.807) is 22.8 Å². The number of nitrogens with zero attached hydrogens (tertiary/aromatic N) is 2. The van der Waals surface area contributed by atoms with Crippen LogP contribution in [0.1, 0.15) is 5.56 Å². The first kappa shape index (κ1) is 9.84. The maximum atomic E-state index is 11.5. The van der Waals surface area contributed by atoms with E-state index in [2.05, 4.69) is 10.1 Å². The summed E-state index contributed by atoms with van der Waals surface area (Å²) in [6.45, 7) is 2.03. The van der Waals surface area contributed by atoms with Gasteiger partial charge in [-0.05, 0) is 6.92 Å². The molecule has 4 nitrogen and oxygen atoms in total. The fourth-order valence-corrected chi connectivity index (χ4v) is 1.87. The van der Waals surface area contributed by atoms with Crippen molar-refractivity contribution in [1.29, 1.82) is 0 Å². The number of nitrogens with one attached hydrogen (secondary N) is 1. The SMILES string of the molecule is Cc1ccc(-c2cc(=O)[nH]c3ccnn23)cc1. The predicted molar refractivity (Wildman–Crippen MR) is 66.0 cm³/mol. The maximum absolute atomic E-state index is 11.5. The highest BCUT2D eigenvalue weighted by Gasteiger charge is 2.05. The molecular weight excluding hydrogens is 214 g/mol. The van der Waals surface area contributed by atoms with Crippen LogP contribution in [0.25, 0.3) is 16.9 Å². The van der Waals surface area contributed by atoms with E-state index < -0.39 is 0 Å². The number of H-pyrrole nitrogens is 1. The minimum absolute atomic E-state index is 0.117. The summed E-state index contributed by atoms with van der Waals surface area (Å²) in [7, 11) is 0. The third-order valence-corrected chi connectivity index (χ3v) is 2.74. The Morgan fingerprint density at radius 3 is 2.71 bits per heavy atom. The normalized spacial score (nSPS) is 10.9. The summed E-state index contributed by atoms with van der Waals surface area (Å²) in [6, 6.07) is 11.4. The van der Waals surface area contributed by atoms with E-state index in [0.29, 0.717) is 5.65 Å². The number of aryl methyl sites for hydroxylation is 1. The number of aromatic amines is 1. The van der Waals surface area contributed by atoms with Gasteiger partial charge in [0.2, 0.25) is 0 Å². The zero-order valence-electron chi connectivity index (χ0n) is 9.34. The van der Waals surface area contributed by atoms with Gasteiger partial charge in [-0.25, -0.2) is 4.52 Å². The molecule has 0 saturated heterocycles. The number of aromatic nitrogens is 3. The zero-order valence-corrected chi connectivity index (χ0v) is 9.34. The van der Waals surface area contributed by atoms with Crippen molar-refractivity contribution < 1.29 is 0 Å². The van der Waals surface area contributed by atoms with Gasteiger partial charge >= 0.3 is 0 Å². The van der Waals surface area contributed by atoms with Gasteiger partial charge in [-0.15, -0.1) is 0 Å².